The molecule has 174 valence electrons. The second-order valence-electron chi connectivity index (χ2n) is 9.42. The third-order valence-corrected chi connectivity index (χ3v) is 10.2. The molecule has 0 aromatic heterocycles. The van der Waals surface area contributed by atoms with Crippen molar-refractivity contribution in [3.05, 3.63) is 76.7 Å². The zero-order valence-corrected chi connectivity index (χ0v) is 20.5. The van der Waals surface area contributed by atoms with Gasteiger partial charge in [-0.25, -0.2) is 18.2 Å². The highest BCUT2D eigenvalue weighted by Gasteiger charge is 2.40. The van der Waals surface area contributed by atoms with Gasteiger partial charge < -0.3 is 4.43 Å². The summed E-state index contributed by atoms with van der Waals surface area (Å²) < 4.78 is 48.4. The minimum Gasteiger partial charge on any atom is -0.540 e. The number of amidine groups is 1. The van der Waals surface area contributed by atoms with Crippen LogP contribution in [0.15, 0.2) is 53.2 Å². The Bertz CT molecular complexity index is 1140. The molecule has 0 radical (unpaired) electrons. The summed E-state index contributed by atoms with van der Waals surface area (Å²) in [6, 6.07) is 8.12. The van der Waals surface area contributed by atoms with Gasteiger partial charge in [0.05, 0.1) is 0 Å². The van der Waals surface area contributed by atoms with Gasteiger partial charge in [-0.05, 0) is 65.7 Å². The maximum absolute atomic E-state index is 14.7. The molecule has 0 fully saturated rings. The zero-order chi connectivity index (χ0) is 24.6. The molecule has 0 bridgehead atoms. The Hall–Kier alpha value is -3.13. The fraction of sp³-hybridized carbons (Fsp3) is 0.280. The second-order valence-corrected chi connectivity index (χ2v) is 14.1. The van der Waals surface area contributed by atoms with Crippen LogP contribution >= 0.6 is 0 Å². The van der Waals surface area contributed by atoms with E-state index < -0.39 is 31.6 Å². The van der Waals surface area contributed by atoms with Crippen molar-refractivity contribution in [2.45, 2.75) is 38.9 Å². The topological polar surface area (TPSA) is 41.9 Å². The van der Waals surface area contributed by atoms with Crippen molar-refractivity contribution in [2.24, 2.45) is 4.99 Å². The molecule has 0 N–H and O–H groups in total. The zero-order valence-electron chi connectivity index (χ0n) is 19.5. The SMILES string of the molecule is CN1C(=O)/C(=C/c2cc(F)c(O[Si](C)(C)C(C)(C)C)c(F)c2)N=C1/C=C/c1ccc(F)cc1. The molecule has 1 aliphatic rings. The molecule has 0 saturated carbocycles. The molecule has 4 nitrogen and oxygen atoms in total. The maximum Gasteiger partial charge on any atom is 0.277 e. The van der Waals surface area contributed by atoms with Gasteiger partial charge in [-0.2, -0.15) is 0 Å². The number of amides is 1. The largest absolute Gasteiger partial charge is 0.540 e. The Labute approximate surface area is 193 Å². The number of hydrogen-bond donors (Lipinski definition) is 0. The van der Waals surface area contributed by atoms with Gasteiger partial charge in [-0.1, -0.05) is 39.0 Å². The Morgan fingerprint density at radius 1 is 0.970 bits per heavy atom. The molecule has 3 rings (SSSR count). The van der Waals surface area contributed by atoms with Crippen molar-refractivity contribution in [3.63, 3.8) is 0 Å². The quantitative estimate of drug-likeness (QED) is 0.373. The standard InChI is InChI=1S/C25H27F3N2O2Si/c1-25(2,3)33(5,6)32-23-19(27)13-17(14-20(23)28)15-21-24(31)30(4)22(29-21)12-9-16-7-10-18(26)11-8-16/h7-15H,1-6H3/b12-9+,21-15-. The average molecular weight is 473 g/mol. The van der Waals surface area contributed by atoms with Gasteiger partial charge in [0.15, 0.2) is 17.4 Å². The van der Waals surface area contributed by atoms with E-state index in [1.54, 1.807) is 31.3 Å². The molecule has 0 saturated heterocycles. The lowest BCUT2D eigenvalue weighted by Gasteiger charge is -2.36. The van der Waals surface area contributed by atoms with E-state index in [0.29, 0.717) is 5.84 Å². The lowest BCUT2D eigenvalue weighted by molar-refractivity contribution is -0.121. The number of rotatable bonds is 5. The molecular formula is C25H27F3N2O2Si. The van der Waals surface area contributed by atoms with Crippen LogP contribution in [-0.2, 0) is 4.79 Å². The van der Waals surface area contributed by atoms with Gasteiger partial charge in [-0.15, -0.1) is 0 Å². The molecular weight excluding hydrogens is 445 g/mol. The van der Waals surface area contributed by atoms with E-state index >= 15 is 0 Å². The predicted octanol–water partition coefficient (Wildman–Crippen LogP) is 6.41. The minimum atomic E-state index is -2.44. The highest BCUT2D eigenvalue weighted by Crippen LogP contribution is 2.39. The Kier molecular flexibility index (Phi) is 6.69. The third-order valence-electron chi connectivity index (χ3n) is 5.88. The van der Waals surface area contributed by atoms with Crippen LogP contribution in [-0.4, -0.2) is 32.0 Å². The molecule has 0 spiro atoms. The summed E-state index contributed by atoms with van der Waals surface area (Å²) in [4.78, 5) is 18.2. The summed E-state index contributed by atoms with van der Waals surface area (Å²) in [6.07, 6.45) is 4.64. The van der Waals surface area contributed by atoms with E-state index in [4.69, 9.17) is 4.43 Å². The summed E-state index contributed by atoms with van der Waals surface area (Å²) >= 11 is 0. The number of halogens is 3. The number of carbonyl (C=O) groups excluding carboxylic acids is 1. The Morgan fingerprint density at radius 3 is 2.09 bits per heavy atom. The number of benzene rings is 2. The molecule has 8 heteroatoms. The van der Waals surface area contributed by atoms with Gasteiger partial charge in [-0.3, -0.25) is 9.69 Å². The minimum absolute atomic E-state index is 0.0492. The first-order valence-corrected chi connectivity index (χ1v) is 13.4. The summed E-state index contributed by atoms with van der Waals surface area (Å²) in [6.45, 7) is 9.76. The first kappa shape index (κ1) is 24.5. The fourth-order valence-corrected chi connectivity index (χ4v) is 3.85. The van der Waals surface area contributed by atoms with Crippen molar-refractivity contribution in [1.82, 2.24) is 4.90 Å². The van der Waals surface area contributed by atoms with E-state index in [1.165, 1.54) is 23.1 Å². The van der Waals surface area contributed by atoms with E-state index in [-0.39, 0.29) is 22.1 Å². The van der Waals surface area contributed by atoms with Crippen molar-refractivity contribution in [1.29, 1.82) is 0 Å². The number of nitrogens with zero attached hydrogens (tertiary/aromatic N) is 2. The summed E-state index contributed by atoms with van der Waals surface area (Å²) in [7, 11) is -0.888. The number of carbonyl (C=O) groups is 1. The van der Waals surface area contributed by atoms with Crippen LogP contribution in [0.25, 0.3) is 12.2 Å². The van der Waals surface area contributed by atoms with Crippen LogP contribution in [0.1, 0.15) is 31.9 Å². The molecule has 1 amide bonds. The molecule has 33 heavy (non-hydrogen) atoms. The second kappa shape index (κ2) is 9.01. The third kappa shape index (κ3) is 5.44. The van der Waals surface area contributed by atoms with Gasteiger partial charge in [0.2, 0.25) is 0 Å². The van der Waals surface area contributed by atoms with Crippen molar-refractivity contribution >= 4 is 32.2 Å². The number of aliphatic imine (C=N–C) groups is 1. The summed E-state index contributed by atoms with van der Waals surface area (Å²) in [5.41, 5.74) is 0.948. The lowest BCUT2D eigenvalue weighted by atomic mass is 10.1. The molecule has 2 aromatic carbocycles. The fourth-order valence-electron chi connectivity index (χ4n) is 2.84. The Balaban J connectivity index is 1.87. The first-order chi connectivity index (χ1) is 15.3. The van der Waals surface area contributed by atoms with Crippen LogP contribution < -0.4 is 4.43 Å². The molecule has 0 atom stereocenters. The molecule has 1 heterocycles. The van der Waals surface area contributed by atoms with E-state index in [2.05, 4.69) is 4.99 Å². The van der Waals surface area contributed by atoms with Crippen LogP contribution in [0, 0.1) is 17.5 Å². The monoisotopic (exact) mass is 472 g/mol. The van der Waals surface area contributed by atoms with Crippen LogP contribution in [0.5, 0.6) is 5.75 Å². The molecule has 2 aromatic rings. The van der Waals surface area contributed by atoms with E-state index in [0.717, 1.165) is 17.7 Å². The van der Waals surface area contributed by atoms with E-state index in [9.17, 15) is 18.0 Å². The van der Waals surface area contributed by atoms with Crippen molar-refractivity contribution in [3.8, 4) is 5.75 Å². The summed E-state index contributed by atoms with van der Waals surface area (Å²) in [5.74, 6) is -2.45. The molecule has 1 aliphatic heterocycles. The molecule has 0 unspecified atom stereocenters. The van der Waals surface area contributed by atoms with Gasteiger partial charge in [0.25, 0.3) is 14.2 Å². The maximum atomic E-state index is 14.7. The summed E-state index contributed by atoms with van der Waals surface area (Å²) in [5, 5.41) is -0.222. The van der Waals surface area contributed by atoms with Crippen LogP contribution in [0.4, 0.5) is 13.2 Å². The lowest BCUT2D eigenvalue weighted by Crippen LogP contribution is -2.44. The van der Waals surface area contributed by atoms with Gasteiger partial charge >= 0.3 is 0 Å². The van der Waals surface area contributed by atoms with E-state index in [1.807, 2.05) is 33.9 Å². The van der Waals surface area contributed by atoms with Gasteiger partial charge in [0.1, 0.15) is 17.3 Å². The van der Waals surface area contributed by atoms with Crippen molar-refractivity contribution in [2.75, 3.05) is 7.05 Å². The number of likely N-dealkylation sites (N-methyl/N-ethyl adjacent to an activating group) is 1. The van der Waals surface area contributed by atoms with Gasteiger partial charge in [0, 0.05) is 7.05 Å². The normalized spacial score (nSPS) is 16.2. The Morgan fingerprint density at radius 2 is 1.55 bits per heavy atom. The van der Waals surface area contributed by atoms with Crippen LogP contribution in [0.3, 0.4) is 0 Å². The highest BCUT2D eigenvalue weighted by atomic mass is 28.4. The predicted molar refractivity (Wildman–Crippen MR) is 128 cm³/mol. The smallest absolute Gasteiger partial charge is 0.277 e. The van der Waals surface area contributed by atoms with Crippen LogP contribution in [0.2, 0.25) is 18.1 Å². The molecule has 0 aliphatic carbocycles. The van der Waals surface area contributed by atoms with Crippen molar-refractivity contribution < 1.29 is 22.4 Å². The number of hydrogen-bond acceptors (Lipinski definition) is 3. The average Bonchev–Trinajstić information content (AvgIpc) is 2.97. The first-order valence-electron chi connectivity index (χ1n) is 10.5. The highest BCUT2D eigenvalue weighted by molar-refractivity contribution is 6.74.